The van der Waals surface area contributed by atoms with Crippen molar-refractivity contribution in [1.82, 2.24) is 9.55 Å². The summed E-state index contributed by atoms with van der Waals surface area (Å²) in [5.41, 5.74) is 7.40. The molecule has 0 saturated heterocycles. The Balaban J connectivity index is 2.23. The summed E-state index contributed by atoms with van der Waals surface area (Å²) in [5.74, 6) is -0.621. The average Bonchev–Trinajstić information content (AvgIpc) is 3.30. The van der Waals surface area contributed by atoms with Crippen LogP contribution in [0.1, 0.15) is 45.9 Å². The molecular weight excluding hydrogens is 464 g/mol. The van der Waals surface area contributed by atoms with Gasteiger partial charge in [0.25, 0.3) is 0 Å². The van der Waals surface area contributed by atoms with E-state index in [1.807, 2.05) is 27.7 Å². The van der Waals surface area contributed by atoms with Crippen LogP contribution in [0.2, 0.25) is 0 Å². The number of hydrogen-bond acceptors (Lipinski definition) is 6. The number of ether oxygens (including phenoxy) is 1. The van der Waals surface area contributed by atoms with Gasteiger partial charge >= 0.3 is 13.6 Å². The van der Waals surface area contributed by atoms with Crippen LogP contribution in [0.15, 0.2) is 16.5 Å². The number of nitrogen functional groups attached to an aromatic ring is 1. The van der Waals surface area contributed by atoms with Gasteiger partial charge in [0.05, 0.1) is 17.8 Å². The van der Waals surface area contributed by atoms with Gasteiger partial charge in [0, 0.05) is 19.9 Å². The second-order valence-electron chi connectivity index (χ2n) is 9.00. The van der Waals surface area contributed by atoms with E-state index in [0.29, 0.717) is 29.8 Å². The molecule has 0 bridgehead atoms. The van der Waals surface area contributed by atoms with E-state index in [-0.39, 0.29) is 53.0 Å². The van der Waals surface area contributed by atoms with Crippen molar-refractivity contribution in [3.8, 4) is 11.6 Å². The second-order valence-corrected chi connectivity index (χ2v) is 10.6. The second kappa shape index (κ2) is 9.90. The Morgan fingerprint density at radius 1 is 1.32 bits per heavy atom. The maximum atomic E-state index is 14.5. The number of aromatic nitrogens is 2. The van der Waals surface area contributed by atoms with E-state index in [2.05, 4.69) is 4.98 Å². The molecule has 0 aliphatic carbocycles. The number of aryl methyl sites for hydroxylation is 1. The van der Waals surface area contributed by atoms with Gasteiger partial charge in [-0.05, 0) is 36.0 Å². The first-order valence-electron chi connectivity index (χ1n) is 11.1. The van der Waals surface area contributed by atoms with Crippen LogP contribution < -0.4 is 11.0 Å². The molecule has 4 N–H and O–H groups in total. The molecule has 9 nitrogen and oxygen atoms in total. The molecule has 3 aromatic rings. The number of nitrogens with two attached hydrogens (primary N) is 1. The van der Waals surface area contributed by atoms with Crippen molar-refractivity contribution in [2.24, 2.45) is 11.8 Å². The fourth-order valence-electron chi connectivity index (χ4n) is 3.93. The van der Waals surface area contributed by atoms with Gasteiger partial charge < -0.3 is 29.2 Å². The number of esters is 1. The number of furan rings is 1. The molecule has 1 unspecified atom stereocenters. The van der Waals surface area contributed by atoms with Gasteiger partial charge in [-0.25, -0.2) is 9.37 Å². The summed E-state index contributed by atoms with van der Waals surface area (Å²) in [6.45, 7) is 9.58. The molecule has 0 radical (unpaired) electrons. The lowest BCUT2D eigenvalue weighted by Crippen LogP contribution is -2.11. The topological polar surface area (TPSA) is 141 Å². The van der Waals surface area contributed by atoms with Crippen molar-refractivity contribution < 1.29 is 32.7 Å². The average molecular weight is 495 g/mol. The molecule has 0 amide bonds. The minimum Gasteiger partial charge on any atom is -0.466 e. The molecule has 11 heteroatoms. The van der Waals surface area contributed by atoms with E-state index < -0.39 is 19.4 Å². The minimum atomic E-state index is -4.75. The number of anilines is 1. The highest BCUT2D eigenvalue weighted by Crippen LogP contribution is 2.41. The first-order chi connectivity index (χ1) is 15.8. The Morgan fingerprint density at radius 3 is 2.56 bits per heavy atom. The van der Waals surface area contributed by atoms with Gasteiger partial charge in [0.1, 0.15) is 22.4 Å². The van der Waals surface area contributed by atoms with Crippen molar-refractivity contribution in [3.05, 3.63) is 29.3 Å². The Hall–Kier alpha value is -2.68. The Kier molecular flexibility index (Phi) is 7.55. The van der Waals surface area contributed by atoms with Gasteiger partial charge in [-0.3, -0.25) is 9.36 Å². The van der Waals surface area contributed by atoms with Crippen molar-refractivity contribution >= 4 is 35.6 Å². The lowest BCUT2D eigenvalue weighted by Gasteiger charge is -2.14. The Morgan fingerprint density at radius 2 is 2.00 bits per heavy atom. The SMILES string of the molecule is CCc1cc(F)c(N)c2nc(-c3oc(CC(C)COC(C)=O)cc3P(=O)(O)O)n(CC(C)C)c12. The molecule has 0 saturated carbocycles. The van der Waals surface area contributed by atoms with E-state index >= 15 is 0 Å². The van der Waals surface area contributed by atoms with Crippen LogP contribution in [-0.4, -0.2) is 31.9 Å². The molecule has 1 aromatic carbocycles. The summed E-state index contributed by atoms with van der Waals surface area (Å²) < 4.78 is 39.6. The van der Waals surface area contributed by atoms with Crippen LogP contribution >= 0.6 is 7.60 Å². The molecule has 0 aliphatic heterocycles. The Bertz CT molecular complexity index is 1260. The molecule has 0 fully saturated rings. The maximum Gasteiger partial charge on any atom is 0.360 e. The quantitative estimate of drug-likeness (QED) is 0.231. The van der Waals surface area contributed by atoms with Gasteiger partial charge in [-0.15, -0.1) is 0 Å². The van der Waals surface area contributed by atoms with Crippen LogP contribution in [0.25, 0.3) is 22.6 Å². The minimum absolute atomic E-state index is 0.0817. The fraction of sp³-hybridized carbons (Fsp3) is 0.478. The number of nitrogens with zero attached hydrogens (tertiary/aromatic N) is 2. The monoisotopic (exact) mass is 495 g/mol. The number of imidazole rings is 1. The largest absolute Gasteiger partial charge is 0.466 e. The number of fused-ring (bicyclic) bond motifs is 1. The number of halogens is 1. The predicted molar refractivity (Wildman–Crippen MR) is 127 cm³/mol. The third-order valence-electron chi connectivity index (χ3n) is 5.41. The highest BCUT2D eigenvalue weighted by Gasteiger charge is 2.32. The Labute approximate surface area is 197 Å². The van der Waals surface area contributed by atoms with Crippen LogP contribution in [0.4, 0.5) is 10.1 Å². The molecule has 0 spiro atoms. The molecule has 3 rings (SSSR count). The molecule has 186 valence electrons. The summed E-state index contributed by atoms with van der Waals surface area (Å²) in [7, 11) is -4.75. The van der Waals surface area contributed by atoms with Crippen molar-refractivity contribution in [1.29, 1.82) is 0 Å². The highest BCUT2D eigenvalue weighted by molar-refractivity contribution is 7.60. The van der Waals surface area contributed by atoms with Gasteiger partial charge in [-0.2, -0.15) is 0 Å². The van der Waals surface area contributed by atoms with Crippen molar-refractivity contribution in [2.75, 3.05) is 12.3 Å². The van der Waals surface area contributed by atoms with Crippen LogP contribution in [0.3, 0.4) is 0 Å². The molecular formula is C23H31FN3O6P. The molecule has 0 aliphatic rings. The molecule has 34 heavy (non-hydrogen) atoms. The van der Waals surface area contributed by atoms with E-state index in [9.17, 15) is 23.5 Å². The third kappa shape index (κ3) is 5.35. The van der Waals surface area contributed by atoms with Gasteiger partial charge in [0.2, 0.25) is 0 Å². The maximum absolute atomic E-state index is 14.5. The predicted octanol–water partition coefficient (Wildman–Crippen LogP) is 3.78. The number of carbonyl (C=O) groups excluding carboxylic acids is 1. The fourth-order valence-corrected chi connectivity index (χ4v) is 4.66. The number of carbonyl (C=O) groups is 1. The standard InChI is InChI=1S/C23H31FN3O6P/c1-6-15-8-17(24)19(25)20-21(15)27(10-12(2)3)23(26-20)22-18(34(29,30)31)9-16(33-22)7-13(4)11-32-14(5)28/h8-9,12-13H,6-7,10-11,25H2,1-5H3,(H2,29,30,31). The summed E-state index contributed by atoms with van der Waals surface area (Å²) in [5, 5.41) is -0.306. The van der Waals surface area contributed by atoms with E-state index in [4.69, 9.17) is 14.9 Å². The van der Waals surface area contributed by atoms with Crippen LogP contribution in [0, 0.1) is 17.7 Å². The first kappa shape index (κ1) is 25.9. The van der Waals surface area contributed by atoms with Crippen molar-refractivity contribution in [2.45, 2.75) is 54.0 Å². The summed E-state index contributed by atoms with van der Waals surface area (Å²) >= 11 is 0. The van der Waals surface area contributed by atoms with E-state index in [1.54, 1.807) is 4.57 Å². The smallest absolute Gasteiger partial charge is 0.360 e. The lowest BCUT2D eigenvalue weighted by atomic mass is 10.1. The van der Waals surface area contributed by atoms with Gasteiger partial charge in [-0.1, -0.05) is 27.7 Å². The third-order valence-corrected chi connectivity index (χ3v) is 6.37. The highest BCUT2D eigenvalue weighted by atomic mass is 31.2. The molecule has 2 heterocycles. The zero-order valence-electron chi connectivity index (χ0n) is 20.0. The summed E-state index contributed by atoms with van der Waals surface area (Å²) in [6, 6.07) is 2.68. The van der Waals surface area contributed by atoms with E-state index in [0.717, 1.165) is 0 Å². The molecule has 2 aromatic heterocycles. The van der Waals surface area contributed by atoms with Crippen LogP contribution in [0.5, 0.6) is 0 Å². The number of benzene rings is 1. The normalized spacial score (nSPS) is 13.1. The van der Waals surface area contributed by atoms with Crippen molar-refractivity contribution in [3.63, 3.8) is 0 Å². The molecule has 1 atom stereocenters. The first-order valence-corrected chi connectivity index (χ1v) is 12.7. The summed E-state index contributed by atoms with van der Waals surface area (Å²) in [4.78, 5) is 35.7. The summed E-state index contributed by atoms with van der Waals surface area (Å²) in [6.07, 6.45) is 0.793. The van der Waals surface area contributed by atoms with Gasteiger partial charge in [0.15, 0.2) is 11.6 Å². The van der Waals surface area contributed by atoms with E-state index in [1.165, 1.54) is 19.1 Å². The zero-order valence-corrected chi connectivity index (χ0v) is 20.9. The zero-order chi connectivity index (χ0) is 25.4. The van der Waals surface area contributed by atoms with Crippen LogP contribution in [-0.2, 0) is 33.5 Å². The number of rotatable bonds is 9. The number of hydrogen-bond donors (Lipinski definition) is 3. The lowest BCUT2D eigenvalue weighted by molar-refractivity contribution is -0.142.